The summed E-state index contributed by atoms with van der Waals surface area (Å²) in [5.41, 5.74) is 1.80. The van der Waals surface area contributed by atoms with Gasteiger partial charge in [0.15, 0.2) is 0 Å². The second kappa shape index (κ2) is 10.6. The molecule has 3 aromatic rings. The molecule has 6 nitrogen and oxygen atoms in total. The summed E-state index contributed by atoms with van der Waals surface area (Å²) >= 11 is 5.90. The van der Waals surface area contributed by atoms with Gasteiger partial charge in [-0.1, -0.05) is 33.2 Å². The Bertz CT molecular complexity index is 1130. The molecule has 0 aliphatic carbocycles. The maximum absolute atomic E-state index is 13.5. The molecular weight excluding hydrogens is 471 g/mol. The van der Waals surface area contributed by atoms with Gasteiger partial charge >= 0.3 is 0 Å². The highest BCUT2D eigenvalue weighted by atomic mass is 35.5. The predicted octanol–water partition coefficient (Wildman–Crippen LogP) is 6.44. The van der Waals surface area contributed by atoms with Crippen molar-refractivity contribution < 1.29 is 13.9 Å². The van der Waals surface area contributed by atoms with Crippen molar-refractivity contribution in [1.29, 1.82) is 0 Å². The van der Waals surface area contributed by atoms with Crippen LogP contribution in [0.2, 0.25) is 5.02 Å². The van der Waals surface area contributed by atoms with E-state index in [0.29, 0.717) is 52.1 Å². The van der Waals surface area contributed by atoms with Crippen LogP contribution in [0.3, 0.4) is 0 Å². The third-order valence-electron chi connectivity index (χ3n) is 4.91. The van der Waals surface area contributed by atoms with Crippen molar-refractivity contribution in [3.8, 4) is 5.75 Å². The molecule has 1 aliphatic heterocycles. The van der Waals surface area contributed by atoms with E-state index in [0.717, 1.165) is 18.6 Å². The van der Waals surface area contributed by atoms with Crippen molar-refractivity contribution in [1.82, 2.24) is 9.97 Å². The Morgan fingerprint density at radius 2 is 2.19 bits per heavy atom. The molecule has 168 valence electrons. The van der Waals surface area contributed by atoms with Crippen molar-refractivity contribution in [3.05, 3.63) is 47.5 Å². The zero-order valence-electron chi connectivity index (χ0n) is 17.4. The minimum absolute atomic E-state index is 0.0128. The van der Waals surface area contributed by atoms with Crippen LogP contribution in [-0.4, -0.2) is 33.5 Å². The molecule has 2 heterocycles. The van der Waals surface area contributed by atoms with Gasteiger partial charge < -0.3 is 15.4 Å². The van der Waals surface area contributed by atoms with Crippen molar-refractivity contribution in [2.24, 2.45) is 0 Å². The fourth-order valence-electron chi connectivity index (χ4n) is 3.34. The number of fused-ring (bicyclic) bond motifs is 1. The van der Waals surface area contributed by atoms with Crippen LogP contribution in [0.4, 0.5) is 21.6 Å². The van der Waals surface area contributed by atoms with E-state index in [2.05, 4.69) is 20.6 Å². The monoisotopic (exact) mass is 492 g/mol. The molecule has 1 fully saturated rings. The number of carbonyl (C=O) groups excluding carboxylic acids is 1. The average Bonchev–Trinajstić information content (AvgIpc) is 3.30. The molecule has 0 bridgehead atoms. The number of hydrogen-bond donors (Lipinski definition) is 2. The average molecular weight is 493 g/mol. The molecule has 10 heteroatoms. The van der Waals surface area contributed by atoms with Crippen molar-refractivity contribution in [2.45, 2.75) is 31.4 Å². The number of halogens is 2. The second-order valence-corrected chi connectivity index (χ2v) is 10.4. The van der Waals surface area contributed by atoms with Crippen molar-refractivity contribution in [2.75, 3.05) is 23.0 Å². The summed E-state index contributed by atoms with van der Waals surface area (Å²) < 4.78 is 19.3. The van der Waals surface area contributed by atoms with Gasteiger partial charge in [-0.05, 0) is 44.0 Å². The number of nitrogens with zero attached hydrogens (tertiary/aromatic N) is 2. The molecule has 1 aromatic heterocycles. The first-order valence-electron chi connectivity index (χ1n) is 10.2. The van der Waals surface area contributed by atoms with E-state index in [-0.39, 0.29) is 10.9 Å². The second-order valence-electron chi connectivity index (χ2n) is 7.19. The number of aromatic nitrogens is 2. The number of anilines is 3. The Hall–Kier alpha value is -2.23. The number of amides is 1. The van der Waals surface area contributed by atoms with E-state index in [1.54, 1.807) is 18.2 Å². The molecule has 1 atom stereocenters. The zero-order chi connectivity index (χ0) is 22.5. The molecule has 0 saturated carbocycles. The number of benzene rings is 2. The fourth-order valence-corrected chi connectivity index (χ4v) is 6.50. The van der Waals surface area contributed by atoms with Crippen LogP contribution in [0.5, 0.6) is 5.75 Å². The van der Waals surface area contributed by atoms with E-state index in [1.807, 2.05) is 28.5 Å². The number of carbonyl (C=O) groups is 1. The normalized spacial score (nSPS) is 15.7. The smallest absolute Gasteiger partial charge is 0.224 e. The number of ether oxygens (including phenoxy) is 1. The lowest BCUT2D eigenvalue weighted by Crippen LogP contribution is -2.14. The number of nitrogens with one attached hydrogen (secondary N) is 2. The number of rotatable bonds is 8. The summed E-state index contributed by atoms with van der Waals surface area (Å²) in [6.45, 7) is 2.34. The topological polar surface area (TPSA) is 76.1 Å². The lowest BCUT2D eigenvalue weighted by molar-refractivity contribution is -0.116. The van der Waals surface area contributed by atoms with E-state index in [4.69, 9.17) is 16.3 Å². The van der Waals surface area contributed by atoms with Crippen molar-refractivity contribution in [3.63, 3.8) is 0 Å². The first-order chi connectivity index (χ1) is 15.5. The molecule has 0 radical (unpaired) electrons. The number of hydrogen-bond acceptors (Lipinski definition) is 7. The maximum atomic E-state index is 13.5. The molecule has 0 spiro atoms. The molecule has 1 aliphatic rings. The molecule has 2 N–H and O–H groups in total. The highest BCUT2D eigenvalue weighted by molar-refractivity contribution is 8.77. The van der Waals surface area contributed by atoms with Gasteiger partial charge in [-0.25, -0.2) is 14.4 Å². The highest BCUT2D eigenvalue weighted by Gasteiger charge is 2.19. The summed E-state index contributed by atoms with van der Waals surface area (Å²) in [6.07, 6.45) is 3.87. The van der Waals surface area contributed by atoms with Crippen LogP contribution >= 0.6 is 33.2 Å². The summed E-state index contributed by atoms with van der Waals surface area (Å²) in [7, 11) is 3.73. The molecule has 4 rings (SSSR count). The largest absolute Gasteiger partial charge is 0.492 e. The van der Waals surface area contributed by atoms with E-state index in [1.165, 1.54) is 18.5 Å². The van der Waals surface area contributed by atoms with Gasteiger partial charge in [0.2, 0.25) is 5.91 Å². The van der Waals surface area contributed by atoms with E-state index < -0.39 is 5.82 Å². The van der Waals surface area contributed by atoms with E-state index >= 15 is 0 Å². The van der Waals surface area contributed by atoms with Gasteiger partial charge in [-0.2, -0.15) is 0 Å². The molecule has 1 unspecified atom stereocenters. The van der Waals surface area contributed by atoms with Crippen LogP contribution in [0.25, 0.3) is 10.9 Å². The third-order valence-corrected chi connectivity index (χ3v) is 8.21. The summed E-state index contributed by atoms with van der Waals surface area (Å²) in [5, 5.41) is 7.36. The first kappa shape index (κ1) is 22.9. The summed E-state index contributed by atoms with van der Waals surface area (Å²) in [4.78, 5) is 21.3. The summed E-state index contributed by atoms with van der Waals surface area (Å²) in [5.74, 6) is 1.65. The van der Waals surface area contributed by atoms with Gasteiger partial charge in [0.25, 0.3) is 0 Å². The molecular formula is C22H22ClFN4O2S2. The van der Waals surface area contributed by atoms with Crippen LogP contribution < -0.4 is 15.4 Å². The zero-order valence-corrected chi connectivity index (χ0v) is 19.7. The van der Waals surface area contributed by atoms with Crippen LogP contribution in [0, 0.1) is 5.82 Å². The third kappa shape index (κ3) is 5.57. The van der Waals surface area contributed by atoms with Crippen LogP contribution in [0.15, 0.2) is 36.7 Å². The Labute approximate surface area is 198 Å². The minimum Gasteiger partial charge on any atom is -0.492 e. The molecule has 1 saturated heterocycles. The maximum Gasteiger partial charge on any atom is 0.224 e. The predicted molar refractivity (Wildman–Crippen MR) is 132 cm³/mol. The Morgan fingerprint density at radius 1 is 1.31 bits per heavy atom. The van der Waals surface area contributed by atoms with Gasteiger partial charge in [0, 0.05) is 34.6 Å². The lowest BCUT2D eigenvalue weighted by Gasteiger charge is -2.15. The highest BCUT2D eigenvalue weighted by Crippen LogP contribution is 2.40. The standard InChI is InChI=1S/C22H22ClFN4O2S2/c1-2-30-20-11-18-15(10-19(20)28-21(29)6-4-14-7-8-31-32-14)22(26-12-25-18)27-13-3-5-17(24)16(23)9-13/h3,5,9-12,14H,2,4,6-8H2,1H3,(H,28,29)(H,25,26,27). The van der Waals surface area contributed by atoms with Crippen LogP contribution in [-0.2, 0) is 4.79 Å². The first-order valence-corrected chi connectivity index (χ1v) is 13.0. The van der Waals surface area contributed by atoms with Gasteiger partial charge in [-0.3, -0.25) is 4.79 Å². The Morgan fingerprint density at radius 3 is 2.94 bits per heavy atom. The molecule has 1 amide bonds. The van der Waals surface area contributed by atoms with Gasteiger partial charge in [-0.15, -0.1) is 0 Å². The minimum atomic E-state index is -0.495. The lowest BCUT2D eigenvalue weighted by atomic mass is 10.1. The fraction of sp³-hybridized carbons (Fsp3) is 0.318. The van der Waals surface area contributed by atoms with Crippen LogP contribution in [0.1, 0.15) is 26.2 Å². The SMILES string of the molecule is CCOc1cc2ncnc(Nc3ccc(F)c(Cl)c3)c2cc1NC(=O)CCC1CCSS1. The van der Waals surface area contributed by atoms with Crippen molar-refractivity contribution >= 4 is 67.2 Å². The Balaban J connectivity index is 1.60. The summed E-state index contributed by atoms with van der Waals surface area (Å²) in [6, 6.07) is 7.93. The molecule has 2 aromatic carbocycles. The Kier molecular flexibility index (Phi) is 7.59. The van der Waals surface area contributed by atoms with E-state index in [9.17, 15) is 9.18 Å². The van der Waals surface area contributed by atoms with Gasteiger partial charge in [0.1, 0.15) is 23.7 Å². The molecule has 32 heavy (non-hydrogen) atoms. The van der Waals surface area contributed by atoms with Gasteiger partial charge in [0.05, 0.1) is 22.8 Å². The quantitative estimate of drug-likeness (QED) is 0.350.